The van der Waals surface area contributed by atoms with Gasteiger partial charge in [0.15, 0.2) is 0 Å². The standard InChI is InChI=1S/C16H25ClN2O/c1-6-16(4,5)19-15(20)12(3)18-11(2)13-9-7-8-10-14(13)17/h7-12,18H,6H2,1-5H3,(H,19,20)/t11-,12?/m1/s1. The minimum atomic E-state index is -0.271. The molecule has 0 aliphatic carbocycles. The third kappa shape index (κ3) is 4.80. The van der Waals surface area contributed by atoms with E-state index >= 15 is 0 Å². The van der Waals surface area contributed by atoms with Crippen LogP contribution in [-0.2, 0) is 4.79 Å². The average Bonchev–Trinajstić information content (AvgIpc) is 2.38. The van der Waals surface area contributed by atoms with Crippen molar-refractivity contribution >= 4 is 17.5 Å². The first-order chi connectivity index (χ1) is 9.26. The van der Waals surface area contributed by atoms with Gasteiger partial charge in [-0.1, -0.05) is 36.7 Å². The van der Waals surface area contributed by atoms with Gasteiger partial charge in [0.25, 0.3) is 0 Å². The Labute approximate surface area is 127 Å². The zero-order valence-electron chi connectivity index (χ0n) is 13.0. The molecule has 112 valence electrons. The molecule has 3 nitrogen and oxygen atoms in total. The van der Waals surface area contributed by atoms with Crippen LogP contribution in [0.25, 0.3) is 0 Å². The fourth-order valence-corrected chi connectivity index (χ4v) is 2.20. The van der Waals surface area contributed by atoms with Crippen LogP contribution in [0, 0.1) is 0 Å². The maximum Gasteiger partial charge on any atom is 0.237 e. The highest BCUT2D eigenvalue weighted by Gasteiger charge is 2.23. The van der Waals surface area contributed by atoms with Crippen molar-refractivity contribution in [3.8, 4) is 0 Å². The molecule has 0 aliphatic heterocycles. The molecule has 1 unspecified atom stereocenters. The summed E-state index contributed by atoms with van der Waals surface area (Å²) in [7, 11) is 0. The Morgan fingerprint density at radius 3 is 2.45 bits per heavy atom. The summed E-state index contributed by atoms with van der Waals surface area (Å²) in [5.41, 5.74) is 0.823. The van der Waals surface area contributed by atoms with Gasteiger partial charge in [0.05, 0.1) is 6.04 Å². The van der Waals surface area contributed by atoms with Crippen LogP contribution < -0.4 is 10.6 Å². The summed E-state index contributed by atoms with van der Waals surface area (Å²) in [6.45, 7) is 9.99. The summed E-state index contributed by atoms with van der Waals surface area (Å²) in [5, 5.41) is 7.05. The molecule has 0 heterocycles. The Morgan fingerprint density at radius 1 is 1.30 bits per heavy atom. The fraction of sp³-hybridized carbons (Fsp3) is 0.562. The third-order valence-electron chi connectivity index (χ3n) is 3.61. The van der Waals surface area contributed by atoms with Gasteiger partial charge < -0.3 is 5.32 Å². The van der Waals surface area contributed by atoms with E-state index in [0.717, 1.165) is 12.0 Å². The molecule has 20 heavy (non-hydrogen) atoms. The van der Waals surface area contributed by atoms with Crippen LogP contribution in [0.4, 0.5) is 0 Å². The van der Waals surface area contributed by atoms with Crippen molar-refractivity contribution in [2.75, 3.05) is 0 Å². The molecule has 1 rings (SSSR count). The lowest BCUT2D eigenvalue weighted by molar-refractivity contribution is -0.124. The van der Waals surface area contributed by atoms with Crippen LogP contribution in [0.15, 0.2) is 24.3 Å². The first-order valence-corrected chi connectivity index (χ1v) is 7.47. The van der Waals surface area contributed by atoms with Crippen molar-refractivity contribution in [3.63, 3.8) is 0 Å². The Kier molecular flexibility index (Phi) is 6.03. The van der Waals surface area contributed by atoms with E-state index < -0.39 is 0 Å². The van der Waals surface area contributed by atoms with Gasteiger partial charge >= 0.3 is 0 Å². The first kappa shape index (κ1) is 17.0. The Balaban J connectivity index is 2.64. The number of hydrogen-bond acceptors (Lipinski definition) is 2. The number of benzene rings is 1. The van der Waals surface area contributed by atoms with E-state index in [0.29, 0.717) is 5.02 Å². The summed E-state index contributed by atoms with van der Waals surface area (Å²) in [6, 6.07) is 7.44. The summed E-state index contributed by atoms with van der Waals surface area (Å²) < 4.78 is 0. The van der Waals surface area contributed by atoms with Crippen molar-refractivity contribution in [2.24, 2.45) is 0 Å². The molecule has 0 spiro atoms. The van der Waals surface area contributed by atoms with E-state index in [1.807, 2.05) is 52.0 Å². The molecule has 4 heteroatoms. The number of rotatable bonds is 6. The molecule has 1 amide bonds. The second-order valence-electron chi connectivity index (χ2n) is 5.86. The van der Waals surface area contributed by atoms with Gasteiger partial charge in [0.2, 0.25) is 5.91 Å². The molecule has 0 radical (unpaired) electrons. The van der Waals surface area contributed by atoms with E-state index in [2.05, 4.69) is 17.6 Å². The van der Waals surface area contributed by atoms with Gasteiger partial charge in [-0.15, -0.1) is 0 Å². The third-order valence-corrected chi connectivity index (χ3v) is 3.95. The first-order valence-electron chi connectivity index (χ1n) is 7.09. The predicted molar refractivity (Wildman–Crippen MR) is 85.0 cm³/mol. The lowest BCUT2D eigenvalue weighted by atomic mass is 10.0. The molecular weight excluding hydrogens is 272 g/mol. The van der Waals surface area contributed by atoms with E-state index in [1.165, 1.54) is 0 Å². The molecule has 2 atom stereocenters. The van der Waals surface area contributed by atoms with Crippen LogP contribution in [0.3, 0.4) is 0 Å². The van der Waals surface area contributed by atoms with Gasteiger partial charge in [0.1, 0.15) is 0 Å². The van der Waals surface area contributed by atoms with E-state index in [4.69, 9.17) is 11.6 Å². The summed E-state index contributed by atoms with van der Waals surface area (Å²) in [4.78, 5) is 12.2. The van der Waals surface area contributed by atoms with Gasteiger partial charge in [-0.25, -0.2) is 0 Å². The highest BCUT2D eigenvalue weighted by molar-refractivity contribution is 6.31. The summed E-state index contributed by atoms with van der Waals surface area (Å²) in [5.74, 6) is 0.00996. The molecule has 0 aliphatic rings. The van der Waals surface area contributed by atoms with Crippen molar-refractivity contribution in [2.45, 2.75) is 58.7 Å². The van der Waals surface area contributed by atoms with Crippen molar-refractivity contribution in [1.82, 2.24) is 10.6 Å². The zero-order chi connectivity index (χ0) is 15.3. The van der Waals surface area contributed by atoms with Crippen LogP contribution in [-0.4, -0.2) is 17.5 Å². The van der Waals surface area contributed by atoms with Crippen LogP contribution in [0.1, 0.15) is 52.6 Å². The number of nitrogens with one attached hydrogen (secondary N) is 2. The van der Waals surface area contributed by atoms with Gasteiger partial charge in [-0.2, -0.15) is 0 Å². The molecular formula is C16H25ClN2O. The molecule has 0 fully saturated rings. The number of carbonyl (C=O) groups excluding carboxylic acids is 1. The lowest BCUT2D eigenvalue weighted by Crippen LogP contribution is -2.51. The molecule has 0 aromatic heterocycles. The second kappa shape index (κ2) is 7.09. The number of hydrogen-bond donors (Lipinski definition) is 2. The largest absolute Gasteiger partial charge is 0.350 e. The normalized spacial score (nSPS) is 14.7. The number of amides is 1. The predicted octanol–water partition coefficient (Wildman–Crippen LogP) is 3.68. The Morgan fingerprint density at radius 2 is 1.90 bits per heavy atom. The number of carbonyl (C=O) groups is 1. The minimum Gasteiger partial charge on any atom is -0.350 e. The minimum absolute atomic E-state index is 0.00996. The van der Waals surface area contributed by atoms with Crippen LogP contribution >= 0.6 is 11.6 Å². The topological polar surface area (TPSA) is 41.1 Å². The van der Waals surface area contributed by atoms with Crippen LogP contribution in [0.5, 0.6) is 0 Å². The van der Waals surface area contributed by atoms with Gasteiger partial charge in [0, 0.05) is 16.6 Å². The van der Waals surface area contributed by atoms with E-state index in [1.54, 1.807) is 0 Å². The maximum absolute atomic E-state index is 12.2. The smallest absolute Gasteiger partial charge is 0.237 e. The van der Waals surface area contributed by atoms with Crippen molar-refractivity contribution < 1.29 is 4.79 Å². The van der Waals surface area contributed by atoms with Gasteiger partial charge in [-0.3, -0.25) is 10.1 Å². The maximum atomic E-state index is 12.2. The summed E-state index contributed by atoms with van der Waals surface area (Å²) in [6.07, 6.45) is 0.894. The number of halogens is 1. The van der Waals surface area contributed by atoms with Crippen LogP contribution in [0.2, 0.25) is 5.02 Å². The summed E-state index contributed by atoms with van der Waals surface area (Å²) >= 11 is 6.17. The highest BCUT2D eigenvalue weighted by atomic mass is 35.5. The second-order valence-corrected chi connectivity index (χ2v) is 6.27. The Bertz CT molecular complexity index is 460. The SMILES string of the molecule is CCC(C)(C)NC(=O)C(C)N[C@H](C)c1ccccc1Cl. The fourth-order valence-electron chi connectivity index (χ4n) is 1.90. The zero-order valence-corrected chi connectivity index (χ0v) is 13.7. The van der Waals surface area contributed by atoms with E-state index in [-0.39, 0.29) is 23.5 Å². The molecule has 1 aromatic rings. The van der Waals surface area contributed by atoms with Crippen molar-refractivity contribution in [1.29, 1.82) is 0 Å². The average molecular weight is 297 g/mol. The molecule has 2 N–H and O–H groups in total. The highest BCUT2D eigenvalue weighted by Crippen LogP contribution is 2.22. The molecule has 0 saturated carbocycles. The molecule has 0 bridgehead atoms. The lowest BCUT2D eigenvalue weighted by Gasteiger charge is -2.28. The molecule has 0 saturated heterocycles. The Hall–Kier alpha value is -1.06. The quantitative estimate of drug-likeness (QED) is 0.841. The van der Waals surface area contributed by atoms with Crippen molar-refractivity contribution in [3.05, 3.63) is 34.9 Å². The van der Waals surface area contributed by atoms with Gasteiger partial charge in [-0.05, 0) is 45.7 Å². The monoisotopic (exact) mass is 296 g/mol. The molecule has 1 aromatic carbocycles. The van der Waals surface area contributed by atoms with E-state index in [9.17, 15) is 4.79 Å².